The van der Waals surface area contributed by atoms with Crippen LogP contribution < -0.4 is 4.74 Å². The van der Waals surface area contributed by atoms with Gasteiger partial charge in [-0.2, -0.15) is 0 Å². The van der Waals surface area contributed by atoms with Crippen LogP contribution in [0.3, 0.4) is 0 Å². The van der Waals surface area contributed by atoms with E-state index in [0.717, 1.165) is 11.3 Å². The molecular weight excluding hydrogens is 196 g/mol. The Morgan fingerprint density at radius 3 is 2.79 bits per heavy atom. The Labute approximate surface area is 90.3 Å². The summed E-state index contributed by atoms with van der Waals surface area (Å²) >= 11 is 5.82. The third kappa shape index (κ3) is 3.43. The van der Waals surface area contributed by atoms with Crippen molar-refractivity contribution in [1.29, 1.82) is 0 Å². The first-order valence-electron chi connectivity index (χ1n) is 4.65. The van der Waals surface area contributed by atoms with E-state index in [1.807, 2.05) is 18.2 Å². The molecule has 0 heterocycles. The molecular formula is C12H15ClO. The summed E-state index contributed by atoms with van der Waals surface area (Å²) in [6.07, 6.45) is 0. The summed E-state index contributed by atoms with van der Waals surface area (Å²) in [5, 5.41) is 0.692. The van der Waals surface area contributed by atoms with E-state index < -0.39 is 0 Å². The molecule has 0 aliphatic rings. The highest BCUT2D eigenvalue weighted by Gasteiger charge is 2.01. The van der Waals surface area contributed by atoms with E-state index in [4.69, 9.17) is 16.3 Å². The second-order valence-electron chi connectivity index (χ2n) is 3.56. The van der Waals surface area contributed by atoms with Crippen molar-refractivity contribution in [3.8, 4) is 5.75 Å². The van der Waals surface area contributed by atoms with Crippen LogP contribution in [0.25, 0.3) is 0 Å². The molecule has 0 amide bonds. The lowest BCUT2D eigenvalue weighted by Gasteiger charge is -2.11. The molecule has 1 aromatic carbocycles. The Balaban J connectivity index is 2.50. The molecule has 0 unspecified atom stereocenters. The second kappa shape index (κ2) is 5.06. The Morgan fingerprint density at radius 1 is 1.50 bits per heavy atom. The molecule has 0 aliphatic heterocycles. The summed E-state index contributed by atoms with van der Waals surface area (Å²) in [4.78, 5) is 0. The zero-order chi connectivity index (χ0) is 10.6. The fourth-order valence-corrected chi connectivity index (χ4v) is 1.08. The van der Waals surface area contributed by atoms with Gasteiger partial charge < -0.3 is 4.74 Å². The molecule has 0 spiro atoms. The van der Waals surface area contributed by atoms with Crippen molar-refractivity contribution >= 4 is 11.6 Å². The van der Waals surface area contributed by atoms with E-state index >= 15 is 0 Å². The first kappa shape index (κ1) is 11.1. The molecule has 0 N–H and O–H groups in total. The van der Waals surface area contributed by atoms with Crippen molar-refractivity contribution in [2.45, 2.75) is 13.8 Å². The van der Waals surface area contributed by atoms with E-state index in [-0.39, 0.29) is 0 Å². The highest BCUT2D eigenvalue weighted by Crippen LogP contribution is 2.18. The summed E-state index contributed by atoms with van der Waals surface area (Å²) in [6.45, 7) is 8.69. The molecule has 1 rings (SSSR count). The molecule has 1 aromatic rings. The monoisotopic (exact) mass is 210 g/mol. The molecule has 0 radical (unpaired) electrons. The van der Waals surface area contributed by atoms with Gasteiger partial charge in [0.1, 0.15) is 12.4 Å². The largest absolute Gasteiger partial charge is 0.489 e. The van der Waals surface area contributed by atoms with Crippen LogP contribution in [-0.4, -0.2) is 6.61 Å². The molecule has 0 saturated carbocycles. The maximum absolute atomic E-state index is 5.82. The van der Waals surface area contributed by atoms with Crippen molar-refractivity contribution in [2.24, 2.45) is 5.92 Å². The van der Waals surface area contributed by atoms with Crippen LogP contribution in [0.15, 0.2) is 36.4 Å². The maximum atomic E-state index is 5.82. The van der Waals surface area contributed by atoms with Crippen LogP contribution in [0.5, 0.6) is 5.75 Å². The van der Waals surface area contributed by atoms with Gasteiger partial charge in [-0.3, -0.25) is 0 Å². The predicted octanol–water partition coefficient (Wildman–Crippen LogP) is 3.93. The van der Waals surface area contributed by atoms with E-state index in [1.54, 1.807) is 6.07 Å². The van der Waals surface area contributed by atoms with Crippen molar-refractivity contribution in [2.75, 3.05) is 6.61 Å². The molecule has 1 nitrogen and oxygen atoms in total. The third-order valence-electron chi connectivity index (χ3n) is 2.04. The average molecular weight is 211 g/mol. The SMILES string of the molecule is C=C(COc1cccc(Cl)c1)C(C)C. The van der Waals surface area contributed by atoms with Gasteiger partial charge >= 0.3 is 0 Å². The Morgan fingerprint density at radius 2 is 2.21 bits per heavy atom. The average Bonchev–Trinajstić information content (AvgIpc) is 2.14. The van der Waals surface area contributed by atoms with Crippen LogP contribution >= 0.6 is 11.6 Å². The summed E-state index contributed by atoms with van der Waals surface area (Å²) in [5.74, 6) is 1.24. The Hall–Kier alpha value is -0.950. The van der Waals surface area contributed by atoms with Crippen molar-refractivity contribution in [1.82, 2.24) is 0 Å². The number of benzene rings is 1. The lowest BCUT2D eigenvalue weighted by atomic mass is 10.1. The molecule has 14 heavy (non-hydrogen) atoms. The van der Waals surface area contributed by atoms with Crippen LogP contribution in [0.1, 0.15) is 13.8 Å². The molecule has 0 aromatic heterocycles. The van der Waals surface area contributed by atoms with E-state index in [1.165, 1.54) is 0 Å². The van der Waals surface area contributed by atoms with Gasteiger partial charge in [-0.25, -0.2) is 0 Å². The summed E-state index contributed by atoms with van der Waals surface area (Å²) in [5.41, 5.74) is 1.09. The van der Waals surface area contributed by atoms with Gasteiger partial charge in [0.15, 0.2) is 0 Å². The zero-order valence-corrected chi connectivity index (χ0v) is 9.34. The fraction of sp³-hybridized carbons (Fsp3) is 0.333. The number of hydrogen-bond donors (Lipinski definition) is 0. The van der Waals surface area contributed by atoms with Crippen molar-refractivity contribution < 1.29 is 4.74 Å². The van der Waals surface area contributed by atoms with Gasteiger partial charge in [0, 0.05) is 5.02 Å². The van der Waals surface area contributed by atoms with E-state index in [9.17, 15) is 0 Å². The molecule has 0 atom stereocenters. The minimum Gasteiger partial charge on any atom is -0.489 e. The number of ether oxygens (including phenoxy) is 1. The van der Waals surface area contributed by atoms with Crippen LogP contribution in [0.2, 0.25) is 5.02 Å². The lowest BCUT2D eigenvalue weighted by Crippen LogP contribution is -2.05. The Kier molecular flexibility index (Phi) is 4.02. The van der Waals surface area contributed by atoms with Gasteiger partial charge in [-0.05, 0) is 29.7 Å². The van der Waals surface area contributed by atoms with Gasteiger partial charge in [0.05, 0.1) is 0 Å². The third-order valence-corrected chi connectivity index (χ3v) is 2.27. The summed E-state index contributed by atoms with van der Waals surface area (Å²) < 4.78 is 5.53. The normalized spacial score (nSPS) is 10.3. The van der Waals surface area contributed by atoms with Gasteiger partial charge in [-0.15, -0.1) is 0 Å². The molecule has 2 heteroatoms. The minimum absolute atomic E-state index is 0.453. The second-order valence-corrected chi connectivity index (χ2v) is 4.00. The van der Waals surface area contributed by atoms with Crippen LogP contribution in [0.4, 0.5) is 0 Å². The molecule has 0 fully saturated rings. The highest BCUT2D eigenvalue weighted by atomic mass is 35.5. The molecule has 0 bridgehead atoms. The number of rotatable bonds is 4. The smallest absolute Gasteiger partial charge is 0.121 e. The molecule has 0 aliphatic carbocycles. The van der Waals surface area contributed by atoms with Crippen LogP contribution in [0, 0.1) is 5.92 Å². The van der Waals surface area contributed by atoms with Crippen molar-refractivity contribution in [3.63, 3.8) is 0 Å². The van der Waals surface area contributed by atoms with Gasteiger partial charge in [0.25, 0.3) is 0 Å². The Bertz CT molecular complexity index is 318. The lowest BCUT2D eigenvalue weighted by molar-refractivity contribution is 0.340. The standard InChI is InChI=1S/C12H15ClO/c1-9(2)10(3)8-14-12-6-4-5-11(13)7-12/h4-7,9H,3,8H2,1-2H3. The first-order chi connectivity index (χ1) is 6.59. The van der Waals surface area contributed by atoms with Gasteiger partial charge in [0.2, 0.25) is 0 Å². The molecule has 76 valence electrons. The zero-order valence-electron chi connectivity index (χ0n) is 8.59. The van der Waals surface area contributed by atoms with E-state index in [0.29, 0.717) is 17.5 Å². The maximum Gasteiger partial charge on any atom is 0.121 e. The summed E-state index contributed by atoms with van der Waals surface area (Å²) in [6, 6.07) is 7.39. The number of halogens is 1. The fourth-order valence-electron chi connectivity index (χ4n) is 0.899. The van der Waals surface area contributed by atoms with E-state index in [2.05, 4.69) is 20.4 Å². The number of hydrogen-bond acceptors (Lipinski definition) is 1. The topological polar surface area (TPSA) is 9.23 Å². The highest BCUT2D eigenvalue weighted by molar-refractivity contribution is 6.30. The van der Waals surface area contributed by atoms with Gasteiger partial charge in [-0.1, -0.05) is 38.1 Å². The quantitative estimate of drug-likeness (QED) is 0.685. The predicted molar refractivity (Wildman–Crippen MR) is 60.9 cm³/mol. The molecule has 0 saturated heterocycles. The first-order valence-corrected chi connectivity index (χ1v) is 5.03. The summed E-state index contributed by atoms with van der Waals surface area (Å²) in [7, 11) is 0. The minimum atomic E-state index is 0.453. The van der Waals surface area contributed by atoms with Crippen molar-refractivity contribution in [3.05, 3.63) is 41.4 Å². The van der Waals surface area contributed by atoms with Crippen LogP contribution in [-0.2, 0) is 0 Å².